The number of aromatic nitrogens is 2. The first-order chi connectivity index (χ1) is 9.24. The summed E-state index contributed by atoms with van der Waals surface area (Å²) in [5, 5.41) is 4.03. The van der Waals surface area contributed by atoms with Gasteiger partial charge in [-0.25, -0.2) is 0 Å². The molecule has 2 aromatic carbocycles. The third-order valence-corrected chi connectivity index (χ3v) is 3.21. The van der Waals surface area contributed by atoms with Gasteiger partial charge in [0.2, 0.25) is 5.82 Å². The lowest BCUT2D eigenvalue weighted by Crippen LogP contribution is -1.84. The van der Waals surface area contributed by atoms with Crippen LogP contribution < -0.4 is 0 Å². The first-order valence-corrected chi connectivity index (χ1v) is 6.21. The largest absolute Gasteiger partial charge is 0.334 e. The molecule has 0 amide bonds. The number of hydrogen-bond donors (Lipinski definition) is 0. The van der Waals surface area contributed by atoms with E-state index in [0.717, 1.165) is 11.1 Å². The minimum Gasteiger partial charge on any atom is -0.334 e. The van der Waals surface area contributed by atoms with Gasteiger partial charge in [-0.2, -0.15) is 4.98 Å². The van der Waals surface area contributed by atoms with E-state index in [4.69, 9.17) is 4.52 Å². The number of rotatable bonds is 2. The first-order valence-electron chi connectivity index (χ1n) is 6.21. The van der Waals surface area contributed by atoms with Crippen molar-refractivity contribution in [2.24, 2.45) is 0 Å². The first kappa shape index (κ1) is 11.7. The summed E-state index contributed by atoms with van der Waals surface area (Å²) in [6.45, 7) is 4.16. The normalized spacial score (nSPS) is 10.6. The summed E-state index contributed by atoms with van der Waals surface area (Å²) in [6, 6.07) is 16.0. The molecule has 1 heterocycles. The van der Waals surface area contributed by atoms with Crippen LogP contribution in [0.5, 0.6) is 0 Å². The minimum absolute atomic E-state index is 0.557. The van der Waals surface area contributed by atoms with Gasteiger partial charge in [-0.1, -0.05) is 41.6 Å². The van der Waals surface area contributed by atoms with E-state index < -0.39 is 0 Å². The molecule has 19 heavy (non-hydrogen) atoms. The zero-order valence-corrected chi connectivity index (χ0v) is 10.9. The van der Waals surface area contributed by atoms with Gasteiger partial charge >= 0.3 is 0 Å². The lowest BCUT2D eigenvalue weighted by atomic mass is 10.1. The third kappa shape index (κ3) is 2.27. The molecule has 94 valence electrons. The number of benzene rings is 2. The van der Waals surface area contributed by atoms with Gasteiger partial charge in [0.15, 0.2) is 0 Å². The van der Waals surface area contributed by atoms with Crippen LogP contribution in [0.25, 0.3) is 22.8 Å². The van der Waals surface area contributed by atoms with Crippen molar-refractivity contribution < 1.29 is 4.52 Å². The summed E-state index contributed by atoms with van der Waals surface area (Å²) in [5.74, 6) is 1.18. The minimum atomic E-state index is 0.557. The van der Waals surface area contributed by atoms with Crippen LogP contribution in [0, 0.1) is 13.8 Å². The average molecular weight is 250 g/mol. The smallest absolute Gasteiger partial charge is 0.258 e. The van der Waals surface area contributed by atoms with Gasteiger partial charge in [0, 0.05) is 11.1 Å². The van der Waals surface area contributed by atoms with Crippen LogP contribution in [0.1, 0.15) is 11.1 Å². The summed E-state index contributed by atoms with van der Waals surface area (Å²) in [7, 11) is 0. The molecular formula is C16H14N2O. The Morgan fingerprint density at radius 2 is 1.63 bits per heavy atom. The number of hydrogen-bond acceptors (Lipinski definition) is 3. The van der Waals surface area contributed by atoms with Gasteiger partial charge in [0.25, 0.3) is 5.89 Å². The van der Waals surface area contributed by atoms with E-state index in [9.17, 15) is 0 Å². The molecule has 0 N–H and O–H groups in total. The molecule has 0 radical (unpaired) electrons. The molecule has 0 fully saturated rings. The van der Waals surface area contributed by atoms with E-state index in [2.05, 4.69) is 36.1 Å². The molecule has 0 unspecified atom stereocenters. The number of nitrogens with zero attached hydrogens (tertiary/aromatic N) is 2. The molecule has 3 nitrogen and oxygen atoms in total. The maximum atomic E-state index is 5.34. The molecule has 3 aromatic rings. The molecular weight excluding hydrogens is 236 g/mol. The fourth-order valence-electron chi connectivity index (χ4n) is 1.92. The Labute approximate surface area is 111 Å². The highest BCUT2D eigenvalue weighted by Gasteiger charge is 2.10. The molecule has 0 spiro atoms. The summed E-state index contributed by atoms with van der Waals surface area (Å²) >= 11 is 0. The molecule has 3 rings (SSSR count). The van der Waals surface area contributed by atoms with Crippen molar-refractivity contribution in [3.05, 3.63) is 59.7 Å². The Morgan fingerprint density at radius 1 is 0.842 bits per heavy atom. The second-order valence-electron chi connectivity index (χ2n) is 4.59. The van der Waals surface area contributed by atoms with E-state index in [1.807, 2.05) is 36.4 Å². The highest BCUT2D eigenvalue weighted by Crippen LogP contribution is 2.23. The maximum Gasteiger partial charge on any atom is 0.258 e. The summed E-state index contributed by atoms with van der Waals surface area (Å²) in [5.41, 5.74) is 4.39. The average Bonchev–Trinajstić information content (AvgIpc) is 2.93. The Kier molecular flexibility index (Phi) is 2.88. The van der Waals surface area contributed by atoms with E-state index in [1.54, 1.807) is 0 Å². The SMILES string of the molecule is Cc1ccc(-c2nc(-c3ccccc3)no2)cc1C. The zero-order valence-electron chi connectivity index (χ0n) is 10.9. The van der Waals surface area contributed by atoms with Crippen molar-refractivity contribution in [1.82, 2.24) is 10.1 Å². The van der Waals surface area contributed by atoms with Crippen LogP contribution >= 0.6 is 0 Å². The van der Waals surface area contributed by atoms with E-state index in [-0.39, 0.29) is 0 Å². The molecule has 0 aliphatic rings. The molecule has 0 atom stereocenters. The molecule has 0 aliphatic carbocycles. The van der Waals surface area contributed by atoms with E-state index >= 15 is 0 Å². The lowest BCUT2D eigenvalue weighted by Gasteiger charge is -2.00. The lowest BCUT2D eigenvalue weighted by molar-refractivity contribution is 0.432. The van der Waals surface area contributed by atoms with Crippen molar-refractivity contribution in [3.8, 4) is 22.8 Å². The van der Waals surface area contributed by atoms with Crippen LogP contribution in [0.4, 0.5) is 0 Å². The topological polar surface area (TPSA) is 38.9 Å². The zero-order chi connectivity index (χ0) is 13.2. The number of aryl methyl sites for hydroxylation is 2. The predicted octanol–water partition coefficient (Wildman–Crippen LogP) is 4.02. The van der Waals surface area contributed by atoms with Gasteiger partial charge in [-0.15, -0.1) is 0 Å². The van der Waals surface area contributed by atoms with E-state index in [1.165, 1.54) is 11.1 Å². The van der Waals surface area contributed by atoms with Gasteiger partial charge in [0.05, 0.1) is 0 Å². The molecule has 1 aromatic heterocycles. The molecule has 0 saturated carbocycles. The van der Waals surface area contributed by atoms with Gasteiger partial charge in [-0.05, 0) is 37.1 Å². The third-order valence-electron chi connectivity index (χ3n) is 3.21. The summed E-state index contributed by atoms with van der Waals surface area (Å²) in [6.07, 6.45) is 0. The molecule has 0 aliphatic heterocycles. The predicted molar refractivity (Wildman–Crippen MR) is 74.6 cm³/mol. The van der Waals surface area contributed by atoms with Crippen LogP contribution in [-0.4, -0.2) is 10.1 Å². The van der Waals surface area contributed by atoms with Gasteiger partial charge < -0.3 is 4.52 Å². The van der Waals surface area contributed by atoms with Crippen LogP contribution in [0.15, 0.2) is 53.1 Å². The van der Waals surface area contributed by atoms with E-state index in [0.29, 0.717) is 11.7 Å². The Balaban J connectivity index is 1.99. The van der Waals surface area contributed by atoms with Crippen LogP contribution in [0.3, 0.4) is 0 Å². The monoisotopic (exact) mass is 250 g/mol. The fourth-order valence-corrected chi connectivity index (χ4v) is 1.92. The highest BCUT2D eigenvalue weighted by atomic mass is 16.5. The molecule has 0 bridgehead atoms. The second-order valence-corrected chi connectivity index (χ2v) is 4.59. The summed E-state index contributed by atoms with van der Waals surface area (Å²) < 4.78 is 5.34. The van der Waals surface area contributed by atoms with Gasteiger partial charge in [0.1, 0.15) is 0 Å². The highest BCUT2D eigenvalue weighted by molar-refractivity contribution is 5.60. The van der Waals surface area contributed by atoms with Crippen molar-refractivity contribution in [2.45, 2.75) is 13.8 Å². The quantitative estimate of drug-likeness (QED) is 0.689. The molecule has 0 saturated heterocycles. The van der Waals surface area contributed by atoms with Crippen molar-refractivity contribution in [3.63, 3.8) is 0 Å². The van der Waals surface area contributed by atoms with Crippen LogP contribution in [0.2, 0.25) is 0 Å². The van der Waals surface area contributed by atoms with Crippen molar-refractivity contribution in [2.75, 3.05) is 0 Å². The Bertz CT molecular complexity index is 702. The Hall–Kier alpha value is -2.42. The fraction of sp³-hybridized carbons (Fsp3) is 0.125. The summed E-state index contributed by atoms with van der Waals surface area (Å²) in [4.78, 5) is 4.44. The Morgan fingerprint density at radius 3 is 2.37 bits per heavy atom. The van der Waals surface area contributed by atoms with Crippen LogP contribution in [-0.2, 0) is 0 Å². The van der Waals surface area contributed by atoms with Crippen molar-refractivity contribution >= 4 is 0 Å². The van der Waals surface area contributed by atoms with Crippen molar-refractivity contribution in [1.29, 1.82) is 0 Å². The molecule has 3 heteroatoms. The second kappa shape index (κ2) is 4.69. The van der Waals surface area contributed by atoms with Gasteiger partial charge in [-0.3, -0.25) is 0 Å². The standard InChI is InChI=1S/C16H14N2O/c1-11-8-9-14(10-12(11)2)16-17-15(18-19-16)13-6-4-3-5-7-13/h3-10H,1-2H3. The maximum absolute atomic E-state index is 5.34.